The highest BCUT2D eigenvalue weighted by atomic mass is 35.5. The molecule has 4 rings (SSSR count). The van der Waals surface area contributed by atoms with Crippen molar-refractivity contribution in [2.24, 2.45) is 0 Å². The van der Waals surface area contributed by atoms with Gasteiger partial charge in [-0.25, -0.2) is 0 Å². The monoisotopic (exact) mass is 388 g/mol. The van der Waals surface area contributed by atoms with E-state index in [0.717, 1.165) is 17.5 Å². The lowest BCUT2D eigenvalue weighted by atomic mass is 10.1. The second-order valence-electron chi connectivity index (χ2n) is 5.98. The summed E-state index contributed by atoms with van der Waals surface area (Å²) in [6, 6.07) is 11.8. The first kappa shape index (κ1) is 17.2. The van der Waals surface area contributed by atoms with Crippen molar-refractivity contribution in [2.45, 2.75) is 24.3 Å². The van der Waals surface area contributed by atoms with E-state index in [2.05, 4.69) is 10.2 Å². The number of benzene rings is 2. The summed E-state index contributed by atoms with van der Waals surface area (Å²) in [5, 5.41) is 9.31. The first-order valence-corrected chi connectivity index (χ1v) is 9.67. The zero-order chi connectivity index (χ0) is 17.9. The number of hydrogen-bond donors (Lipinski definition) is 0. The molecule has 5 nitrogen and oxygen atoms in total. The van der Waals surface area contributed by atoms with E-state index in [4.69, 9.17) is 25.5 Å². The first-order chi connectivity index (χ1) is 12.7. The van der Waals surface area contributed by atoms with Crippen LogP contribution in [-0.4, -0.2) is 23.4 Å². The smallest absolute Gasteiger partial charge is 0.277 e. The van der Waals surface area contributed by atoms with Gasteiger partial charge in [0.1, 0.15) is 0 Å². The average Bonchev–Trinajstić information content (AvgIpc) is 2.98. The molecule has 26 heavy (non-hydrogen) atoms. The fourth-order valence-corrected chi connectivity index (χ4v) is 3.57. The van der Waals surface area contributed by atoms with Crippen LogP contribution in [0.4, 0.5) is 0 Å². The first-order valence-electron chi connectivity index (χ1n) is 8.30. The number of thioether (sulfide) groups is 1. The van der Waals surface area contributed by atoms with Gasteiger partial charge in [-0.05, 0) is 36.8 Å². The third-order valence-electron chi connectivity index (χ3n) is 3.93. The molecule has 0 unspecified atom stereocenters. The Morgan fingerprint density at radius 2 is 1.88 bits per heavy atom. The Bertz CT molecular complexity index is 912. The Morgan fingerprint density at radius 1 is 1.08 bits per heavy atom. The van der Waals surface area contributed by atoms with Crippen LogP contribution in [0.1, 0.15) is 17.5 Å². The van der Waals surface area contributed by atoms with E-state index in [1.54, 1.807) is 0 Å². The van der Waals surface area contributed by atoms with E-state index in [0.29, 0.717) is 46.6 Å². The summed E-state index contributed by atoms with van der Waals surface area (Å²) in [4.78, 5) is 0. The number of ether oxygens (including phenoxy) is 2. The number of rotatable bonds is 4. The number of nitrogens with zero attached hydrogens (tertiary/aromatic N) is 2. The van der Waals surface area contributed by atoms with Crippen LogP contribution in [0.3, 0.4) is 0 Å². The summed E-state index contributed by atoms with van der Waals surface area (Å²) in [6.45, 7) is 3.29. The molecule has 0 fully saturated rings. The van der Waals surface area contributed by atoms with Crippen LogP contribution in [0.2, 0.25) is 5.02 Å². The van der Waals surface area contributed by atoms with Gasteiger partial charge in [0.05, 0.1) is 18.2 Å². The van der Waals surface area contributed by atoms with Crippen LogP contribution in [0.15, 0.2) is 46.0 Å². The van der Waals surface area contributed by atoms with E-state index >= 15 is 0 Å². The van der Waals surface area contributed by atoms with E-state index in [9.17, 15) is 0 Å². The molecule has 1 aliphatic rings. The topological polar surface area (TPSA) is 57.4 Å². The Hall–Kier alpha value is -2.18. The largest absolute Gasteiger partial charge is 0.489 e. The maximum Gasteiger partial charge on any atom is 0.277 e. The molecule has 0 saturated carbocycles. The van der Waals surface area contributed by atoms with Crippen molar-refractivity contribution in [1.82, 2.24) is 10.2 Å². The van der Waals surface area contributed by atoms with Gasteiger partial charge in [-0.2, -0.15) is 0 Å². The van der Waals surface area contributed by atoms with Gasteiger partial charge in [0.2, 0.25) is 5.89 Å². The van der Waals surface area contributed by atoms with Crippen molar-refractivity contribution in [2.75, 3.05) is 13.2 Å². The lowest BCUT2D eigenvalue weighted by Gasteiger charge is -2.10. The molecule has 2 aromatic carbocycles. The molecule has 0 spiro atoms. The minimum Gasteiger partial charge on any atom is -0.489 e. The molecule has 0 saturated heterocycles. The predicted octanol–water partition coefficient (Wildman–Crippen LogP) is 5.15. The molecular formula is C19H17ClN2O3S. The SMILES string of the molecule is Cc1ccc(-c2nnc(SCc3cc(Cl)c4c(c3)OCCCO4)o2)cc1. The molecule has 0 atom stereocenters. The number of aromatic nitrogens is 2. The van der Waals surface area contributed by atoms with Crippen molar-refractivity contribution in [3.63, 3.8) is 0 Å². The van der Waals surface area contributed by atoms with Crippen molar-refractivity contribution >= 4 is 23.4 Å². The summed E-state index contributed by atoms with van der Waals surface area (Å²) in [7, 11) is 0. The minimum absolute atomic E-state index is 0.517. The van der Waals surface area contributed by atoms with Gasteiger partial charge in [-0.3, -0.25) is 0 Å². The van der Waals surface area contributed by atoms with Crippen molar-refractivity contribution in [3.05, 3.63) is 52.5 Å². The summed E-state index contributed by atoms with van der Waals surface area (Å²) < 4.78 is 17.1. The fraction of sp³-hybridized carbons (Fsp3) is 0.263. The van der Waals surface area contributed by atoms with Crippen molar-refractivity contribution < 1.29 is 13.9 Å². The van der Waals surface area contributed by atoms with Crippen molar-refractivity contribution in [1.29, 1.82) is 0 Å². The summed E-state index contributed by atoms with van der Waals surface area (Å²) in [5.74, 6) is 2.48. The quantitative estimate of drug-likeness (QED) is 0.576. The lowest BCUT2D eigenvalue weighted by Crippen LogP contribution is -1.97. The van der Waals surface area contributed by atoms with E-state index in [1.807, 2.05) is 43.3 Å². The zero-order valence-electron chi connectivity index (χ0n) is 14.2. The van der Waals surface area contributed by atoms with Gasteiger partial charge in [-0.1, -0.05) is 41.1 Å². The maximum atomic E-state index is 6.33. The molecule has 1 aromatic heterocycles. The summed E-state index contributed by atoms with van der Waals surface area (Å²) in [5.41, 5.74) is 3.11. The van der Waals surface area contributed by atoms with Gasteiger partial charge in [0.15, 0.2) is 11.5 Å². The van der Waals surface area contributed by atoms with Crippen LogP contribution in [0, 0.1) is 6.92 Å². The number of hydrogen-bond acceptors (Lipinski definition) is 6. The maximum absolute atomic E-state index is 6.33. The third-order valence-corrected chi connectivity index (χ3v) is 5.10. The molecule has 3 aromatic rings. The van der Waals surface area contributed by atoms with Gasteiger partial charge >= 0.3 is 0 Å². The fourth-order valence-electron chi connectivity index (χ4n) is 2.59. The highest BCUT2D eigenvalue weighted by Crippen LogP contribution is 2.39. The Labute approximate surface area is 160 Å². The lowest BCUT2D eigenvalue weighted by molar-refractivity contribution is 0.297. The van der Waals surface area contributed by atoms with E-state index < -0.39 is 0 Å². The van der Waals surface area contributed by atoms with Crippen LogP contribution >= 0.6 is 23.4 Å². The van der Waals surface area contributed by atoms with Crippen LogP contribution in [0.5, 0.6) is 11.5 Å². The normalized spacial score (nSPS) is 13.5. The Kier molecular flexibility index (Phi) is 5.04. The van der Waals surface area contributed by atoms with Gasteiger partial charge in [0, 0.05) is 17.7 Å². The van der Waals surface area contributed by atoms with E-state index in [1.165, 1.54) is 17.3 Å². The Balaban J connectivity index is 1.47. The standard InChI is InChI=1S/C19H17ClN2O3S/c1-12-3-5-14(6-4-12)18-21-22-19(25-18)26-11-13-9-15(20)17-16(10-13)23-7-2-8-24-17/h3-6,9-10H,2,7-8,11H2,1H3. The highest BCUT2D eigenvalue weighted by Gasteiger charge is 2.16. The molecule has 134 valence electrons. The summed E-state index contributed by atoms with van der Waals surface area (Å²) >= 11 is 7.79. The molecule has 0 amide bonds. The average molecular weight is 389 g/mol. The molecule has 0 bridgehead atoms. The molecule has 2 heterocycles. The highest BCUT2D eigenvalue weighted by molar-refractivity contribution is 7.98. The third kappa shape index (κ3) is 3.81. The molecular weight excluding hydrogens is 372 g/mol. The van der Waals surface area contributed by atoms with Gasteiger partial charge < -0.3 is 13.9 Å². The van der Waals surface area contributed by atoms with Crippen molar-refractivity contribution in [3.8, 4) is 23.0 Å². The summed E-state index contributed by atoms with van der Waals surface area (Å²) in [6.07, 6.45) is 0.846. The molecule has 7 heteroatoms. The molecule has 0 aliphatic carbocycles. The van der Waals surface area contributed by atoms with Gasteiger partial charge in [0.25, 0.3) is 5.22 Å². The van der Waals surface area contributed by atoms with E-state index in [-0.39, 0.29) is 0 Å². The number of halogens is 1. The zero-order valence-corrected chi connectivity index (χ0v) is 15.8. The van der Waals surface area contributed by atoms with Crippen LogP contribution in [-0.2, 0) is 5.75 Å². The van der Waals surface area contributed by atoms with Crippen LogP contribution in [0.25, 0.3) is 11.5 Å². The molecule has 1 aliphatic heterocycles. The van der Waals surface area contributed by atoms with Crippen LogP contribution < -0.4 is 9.47 Å². The second kappa shape index (κ2) is 7.60. The number of fused-ring (bicyclic) bond motifs is 1. The predicted molar refractivity (Wildman–Crippen MR) is 101 cm³/mol. The molecule has 0 radical (unpaired) electrons. The second-order valence-corrected chi connectivity index (χ2v) is 7.32. The van der Waals surface area contributed by atoms with Gasteiger partial charge in [-0.15, -0.1) is 10.2 Å². The minimum atomic E-state index is 0.517. The number of aryl methyl sites for hydroxylation is 1. The Morgan fingerprint density at radius 3 is 2.73 bits per heavy atom. The molecule has 0 N–H and O–H groups in total.